The topological polar surface area (TPSA) is 67.2 Å². The molecule has 2 amide bonds. The molecule has 7 heteroatoms. The molecule has 2 heterocycles. The van der Waals surface area contributed by atoms with Crippen LogP contribution in [0.5, 0.6) is 0 Å². The maximum atomic E-state index is 13.4. The average molecular weight is 409 g/mol. The number of benzene rings is 2. The first-order valence-corrected chi connectivity index (χ1v) is 10.2. The Balaban J connectivity index is 1.48. The number of carbonyl (C=O) groups excluding carboxylic acids is 2. The van der Waals surface area contributed by atoms with Crippen molar-refractivity contribution in [1.82, 2.24) is 19.8 Å². The summed E-state index contributed by atoms with van der Waals surface area (Å²) in [6.07, 6.45) is 1.85. The molecular formula is C22H21ClN4O2. The number of rotatable bonds is 4. The van der Waals surface area contributed by atoms with Gasteiger partial charge in [0.1, 0.15) is 5.54 Å². The van der Waals surface area contributed by atoms with Crippen molar-refractivity contribution in [3.05, 3.63) is 64.9 Å². The lowest BCUT2D eigenvalue weighted by atomic mass is 9.94. The Labute approximate surface area is 173 Å². The third-order valence-electron chi connectivity index (χ3n) is 5.83. The highest BCUT2D eigenvalue weighted by Gasteiger charge is 2.53. The fourth-order valence-electron chi connectivity index (χ4n) is 4.17. The lowest BCUT2D eigenvalue weighted by Crippen LogP contribution is -2.64. The smallest absolute Gasteiger partial charge is 0.291 e. The molecule has 0 radical (unpaired) electrons. The molecule has 2 aliphatic rings. The van der Waals surface area contributed by atoms with Crippen LogP contribution < -0.4 is 5.32 Å². The van der Waals surface area contributed by atoms with Gasteiger partial charge in [0, 0.05) is 17.6 Å². The highest BCUT2D eigenvalue weighted by molar-refractivity contribution is 6.30. The second kappa shape index (κ2) is 6.59. The van der Waals surface area contributed by atoms with Gasteiger partial charge in [-0.2, -0.15) is 0 Å². The molecule has 1 fully saturated rings. The van der Waals surface area contributed by atoms with E-state index in [2.05, 4.69) is 10.3 Å². The first kappa shape index (κ1) is 18.2. The van der Waals surface area contributed by atoms with E-state index < -0.39 is 5.54 Å². The highest BCUT2D eigenvalue weighted by Crippen LogP contribution is 2.39. The van der Waals surface area contributed by atoms with Gasteiger partial charge in [-0.1, -0.05) is 35.9 Å². The molecule has 1 aliphatic carbocycles. The van der Waals surface area contributed by atoms with Crippen molar-refractivity contribution in [2.45, 2.75) is 44.4 Å². The quantitative estimate of drug-likeness (QED) is 0.719. The van der Waals surface area contributed by atoms with Crippen molar-refractivity contribution in [2.75, 3.05) is 0 Å². The van der Waals surface area contributed by atoms with Gasteiger partial charge in [0.25, 0.3) is 5.91 Å². The fourth-order valence-corrected chi connectivity index (χ4v) is 4.30. The first-order valence-electron chi connectivity index (χ1n) is 9.79. The van der Waals surface area contributed by atoms with Crippen molar-refractivity contribution >= 4 is 34.4 Å². The van der Waals surface area contributed by atoms with Crippen molar-refractivity contribution < 1.29 is 9.59 Å². The largest absolute Gasteiger partial charge is 0.350 e. The molecule has 1 aliphatic heterocycles. The molecule has 0 saturated heterocycles. The second-order valence-corrected chi connectivity index (χ2v) is 8.44. The molecule has 29 heavy (non-hydrogen) atoms. The van der Waals surface area contributed by atoms with E-state index >= 15 is 0 Å². The van der Waals surface area contributed by atoms with E-state index in [-0.39, 0.29) is 17.9 Å². The van der Waals surface area contributed by atoms with Crippen LogP contribution >= 0.6 is 11.6 Å². The summed E-state index contributed by atoms with van der Waals surface area (Å²) in [5.74, 6) is 0.0938. The molecule has 6 nitrogen and oxygen atoms in total. The van der Waals surface area contributed by atoms with E-state index in [1.165, 1.54) is 0 Å². The Morgan fingerprint density at radius 3 is 2.66 bits per heavy atom. The van der Waals surface area contributed by atoms with E-state index in [1.54, 1.807) is 17.0 Å². The van der Waals surface area contributed by atoms with Crippen LogP contribution in [0.15, 0.2) is 48.5 Å². The molecule has 0 unspecified atom stereocenters. The van der Waals surface area contributed by atoms with Gasteiger partial charge in [0.15, 0.2) is 5.82 Å². The summed E-state index contributed by atoms with van der Waals surface area (Å²) < 4.78 is 1.89. The molecule has 1 saturated carbocycles. The van der Waals surface area contributed by atoms with Crippen LogP contribution in [0.1, 0.15) is 35.9 Å². The van der Waals surface area contributed by atoms with E-state index in [0.29, 0.717) is 23.9 Å². The van der Waals surface area contributed by atoms with Gasteiger partial charge in [-0.25, -0.2) is 4.98 Å². The van der Waals surface area contributed by atoms with E-state index in [4.69, 9.17) is 11.6 Å². The van der Waals surface area contributed by atoms with Crippen LogP contribution in [0.2, 0.25) is 5.02 Å². The molecule has 148 valence electrons. The lowest BCUT2D eigenvalue weighted by molar-refractivity contribution is -0.133. The van der Waals surface area contributed by atoms with Gasteiger partial charge in [-0.05, 0) is 49.6 Å². The van der Waals surface area contributed by atoms with Crippen LogP contribution in [0, 0.1) is 0 Å². The number of amides is 2. The Hall–Kier alpha value is -2.86. The summed E-state index contributed by atoms with van der Waals surface area (Å²) in [7, 11) is 0. The molecular weight excluding hydrogens is 388 g/mol. The van der Waals surface area contributed by atoms with Gasteiger partial charge in [-0.3, -0.25) is 9.59 Å². The first-order chi connectivity index (χ1) is 14.0. The van der Waals surface area contributed by atoms with Gasteiger partial charge in [0.2, 0.25) is 5.91 Å². The molecule has 5 rings (SSSR count). The summed E-state index contributed by atoms with van der Waals surface area (Å²) in [6.45, 7) is 2.63. The van der Waals surface area contributed by atoms with Crippen molar-refractivity contribution in [3.63, 3.8) is 0 Å². The van der Waals surface area contributed by atoms with Crippen LogP contribution in [-0.2, 0) is 17.9 Å². The van der Waals surface area contributed by atoms with Gasteiger partial charge in [-0.15, -0.1) is 0 Å². The minimum atomic E-state index is -0.971. The Bertz CT molecular complexity index is 1120. The number of para-hydroxylation sites is 2. The molecule has 3 aromatic rings. The average Bonchev–Trinajstić information content (AvgIpc) is 3.48. The van der Waals surface area contributed by atoms with E-state index in [9.17, 15) is 9.59 Å². The number of hydrogen-bond donors (Lipinski definition) is 1. The van der Waals surface area contributed by atoms with Crippen LogP contribution in [0.25, 0.3) is 11.0 Å². The normalized spacial score (nSPS) is 21.3. The standard InChI is InChI=1S/C22H21ClN4O2/c1-22(21(29)24-12-14-6-8-15(23)9-7-14)13-26-18-5-3-2-4-17(18)25-19(26)20(28)27(22)16-10-11-16/h2-9,16H,10-13H2,1H3,(H,24,29)/t22-/m1/s1. The summed E-state index contributed by atoms with van der Waals surface area (Å²) in [4.78, 5) is 33.0. The second-order valence-electron chi connectivity index (χ2n) is 8.00. The molecule has 1 aromatic heterocycles. The van der Waals surface area contributed by atoms with Crippen molar-refractivity contribution in [1.29, 1.82) is 0 Å². The van der Waals surface area contributed by atoms with Gasteiger partial charge >= 0.3 is 0 Å². The maximum Gasteiger partial charge on any atom is 0.291 e. The SMILES string of the molecule is C[C@]1(C(=O)NCc2ccc(Cl)cc2)Cn2c(nc3ccccc32)C(=O)N1C1CC1. The lowest BCUT2D eigenvalue weighted by Gasteiger charge is -2.43. The van der Waals surface area contributed by atoms with Crippen molar-refractivity contribution in [3.8, 4) is 0 Å². The number of aromatic nitrogens is 2. The number of hydrogen-bond acceptors (Lipinski definition) is 3. The number of halogens is 1. The predicted octanol–water partition coefficient (Wildman–Crippen LogP) is 3.38. The zero-order chi connectivity index (χ0) is 20.2. The Morgan fingerprint density at radius 2 is 1.93 bits per heavy atom. The number of carbonyl (C=O) groups is 2. The van der Waals surface area contributed by atoms with Crippen LogP contribution in [0.4, 0.5) is 0 Å². The Kier molecular flexibility index (Phi) is 4.13. The third-order valence-corrected chi connectivity index (χ3v) is 6.08. The fraction of sp³-hybridized carbons (Fsp3) is 0.318. The van der Waals surface area contributed by atoms with Crippen molar-refractivity contribution in [2.24, 2.45) is 0 Å². The third kappa shape index (κ3) is 2.99. The molecule has 0 spiro atoms. The molecule has 0 bridgehead atoms. The number of nitrogens with one attached hydrogen (secondary N) is 1. The summed E-state index contributed by atoms with van der Waals surface area (Å²) in [5, 5.41) is 3.68. The van der Waals surface area contributed by atoms with Gasteiger partial charge in [0.05, 0.1) is 17.6 Å². The minimum absolute atomic E-state index is 0.0994. The molecule has 2 aromatic carbocycles. The van der Waals surface area contributed by atoms with Crippen LogP contribution in [0.3, 0.4) is 0 Å². The molecule has 1 atom stereocenters. The number of fused-ring (bicyclic) bond motifs is 3. The monoisotopic (exact) mass is 408 g/mol. The Morgan fingerprint density at radius 1 is 1.21 bits per heavy atom. The van der Waals surface area contributed by atoms with E-state index in [1.807, 2.05) is 47.9 Å². The predicted molar refractivity (Wildman–Crippen MR) is 111 cm³/mol. The van der Waals surface area contributed by atoms with Gasteiger partial charge < -0.3 is 14.8 Å². The zero-order valence-corrected chi connectivity index (χ0v) is 16.8. The number of imidazole rings is 1. The summed E-state index contributed by atoms with van der Waals surface area (Å²) >= 11 is 5.94. The van der Waals surface area contributed by atoms with Crippen LogP contribution in [-0.4, -0.2) is 37.8 Å². The highest BCUT2D eigenvalue weighted by atomic mass is 35.5. The molecule has 1 N–H and O–H groups in total. The minimum Gasteiger partial charge on any atom is -0.350 e. The van der Waals surface area contributed by atoms with E-state index in [0.717, 1.165) is 29.4 Å². The zero-order valence-electron chi connectivity index (χ0n) is 16.1. The number of nitrogens with zero attached hydrogens (tertiary/aromatic N) is 3. The maximum absolute atomic E-state index is 13.4. The summed E-state index contributed by atoms with van der Waals surface area (Å²) in [5.41, 5.74) is 1.64. The summed E-state index contributed by atoms with van der Waals surface area (Å²) in [6, 6.07) is 15.1.